The van der Waals surface area contributed by atoms with Gasteiger partial charge in [0.2, 0.25) is 0 Å². The van der Waals surface area contributed by atoms with E-state index in [9.17, 15) is 10.5 Å². The molecule has 5 heteroatoms. The molecule has 30 heavy (non-hydrogen) atoms. The third kappa shape index (κ3) is 4.59. The van der Waals surface area contributed by atoms with Crippen molar-refractivity contribution >= 4 is 33.3 Å². The van der Waals surface area contributed by atoms with Gasteiger partial charge < -0.3 is 0 Å². The Balaban J connectivity index is 2.23. The number of nitriles is 2. The summed E-state index contributed by atoms with van der Waals surface area (Å²) in [4.78, 5) is 6.55. The lowest BCUT2D eigenvalue weighted by Crippen LogP contribution is -2.00. The van der Waals surface area contributed by atoms with Crippen molar-refractivity contribution in [2.75, 3.05) is 0 Å². The van der Waals surface area contributed by atoms with Crippen molar-refractivity contribution in [3.05, 3.63) is 64.2 Å². The first-order chi connectivity index (χ1) is 14.6. The Morgan fingerprint density at radius 2 is 2.07 bits per heavy atom. The Labute approximate surface area is 187 Å². The minimum absolute atomic E-state index is 0.225. The fourth-order valence-corrected chi connectivity index (χ4v) is 5.57. The predicted octanol–water partition coefficient (Wildman–Crippen LogP) is 7.77. The second-order valence-corrected chi connectivity index (χ2v) is 9.44. The number of thioether (sulfide) groups is 1. The topological polar surface area (TPSA) is 60.5 Å². The molecule has 0 aliphatic heterocycles. The van der Waals surface area contributed by atoms with Gasteiger partial charge in [-0.15, -0.1) is 23.1 Å². The Kier molecular flexibility index (Phi) is 7.69. The number of hydrogen-bond acceptors (Lipinski definition) is 5. The van der Waals surface area contributed by atoms with Crippen LogP contribution in [0.1, 0.15) is 67.5 Å². The number of nitrogens with zero attached hydrogens (tertiary/aromatic N) is 3. The summed E-state index contributed by atoms with van der Waals surface area (Å²) in [7, 11) is 0. The van der Waals surface area contributed by atoms with Gasteiger partial charge in [-0.05, 0) is 60.9 Å². The number of pyridine rings is 1. The summed E-state index contributed by atoms with van der Waals surface area (Å²) >= 11 is 3.31. The zero-order chi connectivity index (χ0) is 21.5. The van der Waals surface area contributed by atoms with Crippen LogP contribution in [-0.2, 0) is 6.42 Å². The van der Waals surface area contributed by atoms with Gasteiger partial charge in [-0.2, -0.15) is 10.5 Å². The molecule has 0 bridgehead atoms. The number of hydrogen-bond donors (Lipinski definition) is 0. The minimum atomic E-state index is 0.225. The van der Waals surface area contributed by atoms with Gasteiger partial charge in [-0.1, -0.05) is 38.0 Å². The summed E-state index contributed by atoms with van der Waals surface area (Å²) in [6, 6.07) is 12.1. The standard InChI is InChI=1S/C25H25N3S2/c1-4-6-7-10-20-16-28-25-23(22(20)17(3)29-12-5-2)21(15-27)24(30-25)19-11-8-9-18(13-19)14-26/h5,8-9,11-13,16-17H,4,6-7,10H2,1-3H3/b12-5-. The van der Waals surface area contributed by atoms with Crippen LogP contribution in [0.5, 0.6) is 0 Å². The highest BCUT2D eigenvalue weighted by molar-refractivity contribution is 8.02. The van der Waals surface area contributed by atoms with Gasteiger partial charge >= 0.3 is 0 Å². The SMILES string of the molecule is C/C=C\SC(C)c1c(CCCCC)cnc2sc(-c3cccc(C#N)c3)c(C#N)c12. The van der Waals surface area contributed by atoms with Crippen molar-refractivity contribution in [2.24, 2.45) is 0 Å². The van der Waals surface area contributed by atoms with E-state index in [4.69, 9.17) is 4.98 Å². The molecular formula is C25H25N3S2. The molecule has 1 aromatic carbocycles. The molecule has 0 amide bonds. The summed E-state index contributed by atoms with van der Waals surface area (Å²) in [5.41, 5.74) is 4.65. The Hall–Kier alpha value is -2.60. The van der Waals surface area contributed by atoms with Gasteiger partial charge in [0, 0.05) is 16.8 Å². The molecule has 2 heterocycles. The second-order valence-electron chi connectivity index (χ2n) is 7.19. The number of allylic oxidation sites excluding steroid dienone is 1. The third-order valence-electron chi connectivity index (χ3n) is 5.08. The molecule has 3 nitrogen and oxygen atoms in total. The molecular weight excluding hydrogens is 406 g/mol. The van der Waals surface area contributed by atoms with Crippen LogP contribution in [0.3, 0.4) is 0 Å². The van der Waals surface area contributed by atoms with Crippen LogP contribution >= 0.6 is 23.1 Å². The lowest BCUT2D eigenvalue weighted by Gasteiger charge is -2.16. The average molecular weight is 432 g/mol. The first kappa shape index (κ1) is 22.1. The minimum Gasteiger partial charge on any atom is -0.245 e. The van der Waals surface area contributed by atoms with E-state index in [2.05, 4.69) is 31.4 Å². The van der Waals surface area contributed by atoms with Crippen LogP contribution in [0.4, 0.5) is 0 Å². The summed E-state index contributed by atoms with van der Waals surface area (Å²) in [6.45, 7) is 6.44. The van der Waals surface area contributed by atoms with Gasteiger partial charge in [0.15, 0.2) is 0 Å². The quantitative estimate of drug-likeness (QED) is 0.342. The van der Waals surface area contributed by atoms with E-state index in [-0.39, 0.29) is 5.25 Å². The van der Waals surface area contributed by atoms with Crippen LogP contribution in [0.25, 0.3) is 20.7 Å². The smallest absolute Gasteiger partial charge is 0.125 e. The van der Waals surface area contributed by atoms with Crippen molar-refractivity contribution in [1.82, 2.24) is 4.98 Å². The first-order valence-corrected chi connectivity index (χ1v) is 12.0. The summed E-state index contributed by atoms with van der Waals surface area (Å²) in [5, 5.41) is 22.7. The zero-order valence-corrected chi connectivity index (χ0v) is 19.2. The van der Waals surface area contributed by atoms with E-state index in [1.165, 1.54) is 24.0 Å². The van der Waals surface area contributed by atoms with Crippen molar-refractivity contribution < 1.29 is 0 Å². The molecule has 0 radical (unpaired) electrons. The molecule has 3 rings (SSSR count). The van der Waals surface area contributed by atoms with Crippen molar-refractivity contribution in [2.45, 2.75) is 51.7 Å². The molecule has 0 saturated heterocycles. The molecule has 1 atom stereocenters. The lowest BCUT2D eigenvalue weighted by molar-refractivity contribution is 0.713. The fourth-order valence-electron chi connectivity index (χ4n) is 3.66. The number of fused-ring (bicyclic) bond motifs is 1. The molecule has 0 saturated carbocycles. The number of thiophene rings is 1. The van der Waals surface area contributed by atoms with Gasteiger partial charge in [0.1, 0.15) is 10.9 Å². The average Bonchev–Trinajstić information content (AvgIpc) is 3.16. The Morgan fingerprint density at radius 1 is 1.23 bits per heavy atom. The summed E-state index contributed by atoms with van der Waals surface area (Å²) in [6.07, 6.45) is 8.53. The zero-order valence-electron chi connectivity index (χ0n) is 17.6. The maximum absolute atomic E-state index is 10.1. The molecule has 3 aromatic rings. The van der Waals surface area contributed by atoms with Gasteiger partial charge in [0.05, 0.1) is 22.1 Å². The van der Waals surface area contributed by atoms with Crippen molar-refractivity contribution in [3.8, 4) is 22.6 Å². The Bertz CT molecular complexity index is 1150. The van der Waals surface area contributed by atoms with E-state index >= 15 is 0 Å². The monoisotopic (exact) mass is 431 g/mol. The van der Waals surface area contributed by atoms with E-state index in [0.717, 1.165) is 33.5 Å². The highest BCUT2D eigenvalue weighted by Crippen LogP contribution is 2.44. The van der Waals surface area contributed by atoms with Crippen LogP contribution in [0, 0.1) is 22.7 Å². The Morgan fingerprint density at radius 3 is 2.77 bits per heavy atom. The second kappa shape index (κ2) is 10.4. The van der Waals surface area contributed by atoms with Crippen molar-refractivity contribution in [1.29, 1.82) is 10.5 Å². The highest BCUT2D eigenvalue weighted by Gasteiger charge is 2.23. The van der Waals surface area contributed by atoms with Gasteiger partial charge in [-0.3, -0.25) is 0 Å². The molecule has 0 fully saturated rings. The highest BCUT2D eigenvalue weighted by atomic mass is 32.2. The van der Waals surface area contributed by atoms with E-state index in [1.54, 1.807) is 29.2 Å². The van der Waals surface area contributed by atoms with Crippen LogP contribution < -0.4 is 0 Å². The largest absolute Gasteiger partial charge is 0.245 e. The van der Waals surface area contributed by atoms with Crippen LogP contribution in [0.15, 0.2) is 41.9 Å². The molecule has 0 aliphatic carbocycles. The van der Waals surface area contributed by atoms with E-state index in [0.29, 0.717) is 11.1 Å². The molecule has 0 spiro atoms. The maximum Gasteiger partial charge on any atom is 0.125 e. The first-order valence-electron chi connectivity index (χ1n) is 10.3. The normalized spacial score (nSPS) is 12.2. The number of aromatic nitrogens is 1. The fraction of sp³-hybridized carbons (Fsp3) is 0.320. The molecule has 0 N–H and O–H groups in total. The number of benzene rings is 1. The molecule has 152 valence electrons. The van der Waals surface area contributed by atoms with Crippen LogP contribution in [0.2, 0.25) is 0 Å². The number of rotatable bonds is 8. The van der Waals surface area contributed by atoms with Crippen LogP contribution in [-0.4, -0.2) is 4.98 Å². The molecule has 0 aliphatic rings. The van der Waals surface area contributed by atoms with Gasteiger partial charge in [0.25, 0.3) is 0 Å². The molecule has 1 unspecified atom stereocenters. The number of unbranched alkanes of at least 4 members (excludes halogenated alkanes) is 2. The lowest BCUT2D eigenvalue weighted by atomic mass is 9.96. The summed E-state index contributed by atoms with van der Waals surface area (Å²) < 4.78 is 0. The van der Waals surface area contributed by atoms with E-state index < -0.39 is 0 Å². The van der Waals surface area contributed by atoms with E-state index in [1.807, 2.05) is 37.4 Å². The maximum atomic E-state index is 10.1. The summed E-state index contributed by atoms with van der Waals surface area (Å²) in [5.74, 6) is 0. The predicted molar refractivity (Wildman–Crippen MR) is 129 cm³/mol. The van der Waals surface area contributed by atoms with Gasteiger partial charge in [-0.25, -0.2) is 4.98 Å². The third-order valence-corrected chi connectivity index (χ3v) is 7.30. The number of aryl methyl sites for hydroxylation is 1. The molecule has 2 aromatic heterocycles. The van der Waals surface area contributed by atoms with Crippen molar-refractivity contribution in [3.63, 3.8) is 0 Å².